The molecule has 6 aromatic rings. The van der Waals surface area contributed by atoms with E-state index in [0.717, 1.165) is 34.0 Å². The number of anilines is 1. The van der Waals surface area contributed by atoms with Gasteiger partial charge in [0.25, 0.3) is 5.91 Å². The van der Waals surface area contributed by atoms with E-state index in [4.69, 9.17) is 0 Å². The van der Waals surface area contributed by atoms with E-state index in [0.29, 0.717) is 5.56 Å². The quantitative estimate of drug-likeness (QED) is 0.139. The number of nitrogens with one attached hydrogen (secondary N) is 1. The van der Waals surface area contributed by atoms with Gasteiger partial charge < -0.3 is 5.32 Å². The summed E-state index contributed by atoms with van der Waals surface area (Å²) in [6, 6.07) is 50.4. The van der Waals surface area contributed by atoms with E-state index in [1.54, 1.807) is 0 Å². The monoisotopic (exact) mass is 665 g/mol. The second kappa shape index (κ2) is 12.8. The van der Waals surface area contributed by atoms with Crippen LogP contribution in [0.1, 0.15) is 21.6 Å². The van der Waals surface area contributed by atoms with Crippen LogP contribution in [-0.2, 0) is 6.16 Å². The molecule has 0 unspecified atom stereocenters. The fourth-order valence-corrected chi connectivity index (χ4v) is 9.59. The molecule has 0 spiro atoms. The van der Waals surface area contributed by atoms with Crippen LogP contribution < -0.4 is 21.2 Å². The number of fused-ring (bicyclic) bond motifs is 1. The van der Waals surface area contributed by atoms with Crippen molar-refractivity contribution in [1.82, 2.24) is 4.98 Å². The molecule has 0 bridgehead atoms. The number of amides is 1. The zero-order valence-electron chi connectivity index (χ0n) is 22.8. The highest BCUT2D eigenvalue weighted by atomic mass is 127. The molecular formula is C36H31IN2OP. The minimum Gasteiger partial charge on any atom is -0.322 e. The van der Waals surface area contributed by atoms with Gasteiger partial charge in [0.15, 0.2) is 0 Å². The van der Waals surface area contributed by atoms with Gasteiger partial charge in [0.1, 0.15) is 0 Å². The second-order valence-electron chi connectivity index (χ2n) is 9.99. The molecule has 41 heavy (non-hydrogen) atoms. The van der Waals surface area contributed by atoms with E-state index in [-0.39, 0.29) is 29.9 Å². The number of carbonyl (C=O) groups excluding carboxylic acids is 1. The van der Waals surface area contributed by atoms with Gasteiger partial charge in [-0.2, -0.15) is 0 Å². The number of aromatic nitrogens is 1. The molecule has 0 saturated heterocycles. The lowest BCUT2D eigenvalue weighted by Crippen LogP contribution is -2.32. The number of hydrogen-bond acceptors (Lipinski definition) is 2. The van der Waals surface area contributed by atoms with Crippen molar-refractivity contribution in [3.05, 3.63) is 162 Å². The molecule has 3 nitrogen and oxygen atoms in total. The first-order valence-corrected chi connectivity index (χ1v) is 15.4. The molecule has 1 aromatic heterocycles. The summed E-state index contributed by atoms with van der Waals surface area (Å²) in [6.07, 6.45) is 0.813. The third-order valence-corrected chi connectivity index (χ3v) is 11.7. The summed E-state index contributed by atoms with van der Waals surface area (Å²) in [4.78, 5) is 18.0. The van der Waals surface area contributed by atoms with Crippen molar-refractivity contribution in [2.45, 2.75) is 13.1 Å². The van der Waals surface area contributed by atoms with Crippen molar-refractivity contribution in [2.24, 2.45) is 0 Å². The van der Waals surface area contributed by atoms with E-state index >= 15 is 0 Å². The lowest BCUT2D eigenvalue weighted by atomic mass is 10.1. The SMILES string of the molecule is Cc1ccc2cc(NC(=O)c3cccc(C[P](c4ccccc4)(c4ccccc4)c4ccccc4)c3)ccc2n1.I. The summed E-state index contributed by atoms with van der Waals surface area (Å²) in [5, 5.41) is 8.06. The Bertz CT molecular complexity index is 1680. The summed E-state index contributed by atoms with van der Waals surface area (Å²) in [5.74, 6) is -0.121. The standard InChI is InChI=1S/C36H30N2OP.HI/c1-27-20-21-29-25-31(22-23-35(29)37-27)38-36(39)30-13-11-12-28(24-30)26-40(32-14-5-2-6-15-32,33-16-7-3-8-17-33)34-18-9-4-10-19-34;/h2-25H,26H2,1H3,(H,38,39);1H. The van der Waals surface area contributed by atoms with Crippen LogP contribution in [0.4, 0.5) is 5.69 Å². The van der Waals surface area contributed by atoms with Gasteiger partial charge in [-0.05, 0) is 72.1 Å². The molecule has 203 valence electrons. The molecule has 1 heterocycles. The summed E-state index contributed by atoms with van der Waals surface area (Å²) < 4.78 is 0. The Morgan fingerprint density at radius 1 is 0.659 bits per heavy atom. The Kier molecular flexibility index (Phi) is 8.92. The number of aryl methyl sites for hydroxylation is 1. The molecule has 0 atom stereocenters. The minimum absolute atomic E-state index is 0. The predicted octanol–water partition coefficient (Wildman–Crippen LogP) is 7.91. The second-order valence-corrected chi connectivity index (χ2v) is 13.5. The molecule has 5 heteroatoms. The van der Waals surface area contributed by atoms with Crippen LogP contribution >= 0.6 is 31.2 Å². The number of rotatable bonds is 7. The van der Waals surface area contributed by atoms with Gasteiger partial charge in [0.2, 0.25) is 0 Å². The van der Waals surface area contributed by atoms with Gasteiger partial charge in [-0.1, -0.05) is 109 Å². The number of nitrogens with zero attached hydrogens (tertiary/aromatic N) is 1. The Hall–Kier alpha value is -3.86. The van der Waals surface area contributed by atoms with E-state index in [2.05, 4.69) is 107 Å². The summed E-state index contributed by atoms with van der Waals surface area (Å²) >= 11 is 0. The zero-order valence-corrected chi connectivity index (χ0v) is 26.0. The first kappa shape index (κ1) is 28.7. The van der Waals surface area contributed by atoms with E-state index in [1.165, 1.54) is 15.9 Å². The highest BCUT2D eigenvalue weighted by Gasteiger charge is 2.34. The van der Waals surface area contributed by atoms with E-state index in [9.17, 15) is 4.79 Å². The van der Waals surface area contributed by atoms with Gasteiger partial charge in [-0.25, -0.2) is 0 Å². The first-order chi connectivity index (χ1) is 19.6. The van der Waals surface area contributed by atoms with Gasteiger partial charge >= 0.3 is 0 Å². The Morgan fingerprint density at radius 2 is 1.24 bits per heavy atom. The summed E-state index contributed by atoms with van der Waals surface area (Å²) in [5.41, 5.74) is 4.43. The topological polar surface area (TPSA) is 42.0 Å². The lowest BCUT2D eigenvalue weighted by Gasteiger charge is -2.38. The molecule has 6 rings (SSSR count). The predicted molar refractivity (Wildman–Crippen MR) is 185 cm³/mol. The molecule has 0 saturated carbocycles. The zero-order chi connectivity index (χ0) is 27.4. The van der Waals surface area contributed by atoms with Gasteiger partial charge in [-0.3, -0.25) is 9.78 Å². The van der Waals surface area contributed by atoms with Crippen LogP contribution in [0.5, 0.6) is 0 Å². The van der Waals surface area contributed by atoms with Crippen LogP contribution in [-0.4, -0.2) is 10.9 Å². The van der Waals surface area contributed by atoms with Crippen molar-refractivity contribution in [1.29, 1.82) is 0 Å². The van der Waals surface area contributed by atoms with Gasteiger partial charge in [0, 0.05) is 28.5 Å². The van der Waals surface area contributed by atoms with Gasteiger partial charge in [-0.15, -0.1) is 24.0 Å². The average Bonchev–Trinajstić information content (AvgIpc) is 3.01. The molecule has 0 aliphatic carbocycles. The highest BCUT2D eigenvalue weighted by Crippen LogP contribution is 2.58. The first-order valence-electron chi connectivity index (χ1n) is 13.4. The Morgan fingerprint density at radius 3 is 1.83 bits per heavy atom. The molecule has 1 amide bonds. The Balaban J connectivity index is 0.00000337. The number of halogens is 1. The fourth-order valence-electron chi connectivity index (χ4n) is 5.36. The van der Waals surface area contributed by atoms with Crippen molar-refractivity contribution >= 4 is 69.7 Å². The smallest absolute Gasteiger partial charge is 0.255 e. The van der Waals surface area contributed by atoms with Gasteiger partial charge in [0.05, 0.1) is 5.52 Å². The van der Waals surface area contributed by atoms with Crippen molar-refractivity contribution in [3.63, 3.8) is 0 Å². The van der Waals surface area contributed by atoms with Crippen molar-refractivity contribution < 1.29 is 4.79 Å². The molecule has 0 aliphatic heterocycles. The maximum Gasteiger partial charge on any atom is 0.255 e. The lowest BCUT2D eigenvalue weighted by molar-refractivity contribution is 0.102. The fraction of sp³-hybridized carbons (Fsp3) is 0.0556. The molecular weight excluding hydrogens is 634 g/mol. The van der Waals surface area contributed by atoms with Crippen LogP contribution in [0.15, 0.2) is 146 Å². The molecule has 0 fully saturated rings. The van der Waals surface area contributed by atoms with Crippen molar-refractivity contribution in [3.8, 4) is 0 Å². The molecule has 1 N–H and O–H groups in total. The third-order valence-electron chi connectivity index (χ3n) is 7.29. The molecule has 1 radical (unpaired) electrons. The van der Waals surface area contributed by atoms with Crippen LogP contribution in [0, 0.1) is 6.92 Å². The van der Waals surface area contributed by atoms with Crippen LogP contribution in [0.3, 0.4) is 0 Å². The van der Waals surface area contributed by atoms with Crippen LogP contribution in [0.2, 0.25) is 0 Å². The number of hydrogen-bond donors (Lipinski definition) is 1. The summed E-state index contributed by atoms with van der Waals surface area (Å²) in [6.45, 7) is 1.98. The number of pyridine rings is 1. The number of benzene rings is 5. The number of carbonyl (C=O) groups is 1. The van der Waals surface area contributed by atoms with E-state index < -0.39 is 7.26 Å². The van der Waals surface area contributed by atoms with Crippen LogP contribution in [0.25, 0.3) is 10.9 Å². The average molecular weight is 666 g/mol. The third kappa shape index (κ3) is 6.09. The maximum absolute atomic E-state index is 13.4. The molecule has 5 aromatic carbocycles. The Labute approximate surface area is 259 Å². The maximum atomic E-state index is 13.4. The van der Waals surface area contributed by atoms with Crippen molar-refractivity contribution in [2.75, 3.05) is 5.32 Å². The minimum atomic E-state index is -2.06. The normalized spacial score (nSPS) is 11.0. The van der Waals surface area contributed by atoms with E-state index in [1.807, 2.05) is 55.5 Å². The molecule has 0 aliphatic rings. The summed E-state index contributed by atoms with van der Waals surface area (Å²) in [7, 11) is -2.06. The largest absolute Gasteiger partial charge is 0.322 e. The highest BCUT2D eigenvalue weighted by molar-refractivity contribution is 14.0.